The number of nitrogens with one attached hydrogen (secondary N) is 1. The highest BCUT2D eigenvalue weighted by Crippen LogP contribution is 2.31. The summed E-state index contributed by atoms with van der Waals surface area (Å²) < 4.78 is 37.7. The van der Waals surface area contributed by atoms with Crippen LogP contribution >= 0.6 is 11.3 Å². The fraction of sp³-hybridized carbons (Fsp3) is 0.263. The van der Waals surface area contributed by atoms with Crippen LogP contribution in [-0.4, -0.2) is 32.7 Å². The molecule has 2 heterocycles. The molecule has 0 spiro atoms. The Hall–Kier alpha value is -2.49. The topological polar surface area (TPSA) is 98.5 Å². The highest BCUT2D eigenvalue weighted by Gasteiger charge is 2.20. The van der Waals surface area contributed by atoms with Gasteiger partial charge in [0, 0.05) is 12.6 Å². The zero-order valence-electron chi connectivity index (χ0n) is 15.3. The second-order valence-corrected chi connectivity index (χ2v) is 8.98. The number of benzene rings is 1. The quantitative estimate of drug-likeness (QED) is 0.420. The number of esters is 1. The van der Waals surface area contributed by atoms with Gasteiger partial charge in [0.2, 0.25) is 10.0 Å². The fourth-order valence-electron chi connectivity index (χ4n) is 2.50. The summed E-state index contributed by atoms with van der Waals surface area (Å²) in [5, 5.41) is 3.66. The van der Waals surface area contributed by atoms with Crippen LogP contribution in [0.5, 0.6) is 0 Å². The van der Waals surface area contributed by atoms with Gasteiger partial charge >= 0.3 is 5.97 Å². The zero-order valence-corrected chi connectivity index (χ0v) is 16.9. The molecular formula is C19H20N2O5S2. The lowest BCUT2D eigenvalue weighted by Gasteiger charge is -2.04. The molecule has 28 heavy (non-hydrogen) atoms. The first-order valence-corrected chi connectivity index (χ1v) is 11.1. The third-order valence-corrected chi connectivity index (χ3v) is 6.91. The van der Waals surface area contributed by atoms with Crippen LogP contribution in [0.3, 0.4) is 0 Å². The molecule has 0 aliphatic carbocycles. The summed E-state index contributed by atoms with van der Waals surface area (Å²) in [5.74, 6) is -0.263. The molecule has 148 valence electrons. The molecule has 3 rings (SSSR count). The molecule has 3 aromatic rings. The number of thiophene rings is 1. The zero-order chi connectivity index (χ0) is 20.0. The molecular weight excluding hydrogens is 400 g/mol. The molecule has 0 aliphatic heterocycles. The van der Waals surface area contributed by atoms with E-state index in [1.54, 1.807) is 13.0 Å². The van der Waals surface area contributed by atoms with Gasteiger partial charge in [-0.3, -0.25) is 0 Å². The van der Waals surface area contributed by atoms with Gasteiger partial charge in [0.05, 0.1) is 11.5 Å². The summed E-state index contributed by atoms with van der Waals surface area (Å²) in [4.78, 5) is 12.2. The molecule has 0 fully saturated rings. The van der Waals surface area contributed by atoms with E-state index < -0.39 is 16.0 Å². The first kappa shape index (κ1) is 20.2. The van der Waals surface area contributed by atoms with Gasteiger partial charge in [-0.15, -0.1) is 11.3 Å². The molecule has 0 amide bonds. The summed E-state index contributed by atoms with van der Waals surface area (Å²) in [6.45, 7) is 2.28. The highest BCUT2D eigenvalue weighted by atomic mass is 32.2. The van der Waals surface area contributed by atoms with Crippen molar-refractivity contribution in [2.75, 3.05) is 13.2 Å². The number of aryl methyl sites for hydroxylation is 1. The number of sulfonamides is 1. The van der Waals surface area contributed by atoms with Gasteiger partial charge in [-0.2, -0.15) is 0 Å². The molecule has 0 radical (unpaired) electrons. The molecule has 0 aliphatic rings. The van der Waals surface area contributed by atoms with E-state index in [-0.39, 0.29) is 16.5 Å². The summed E-state index contributed by atoms with van der Waals surface area (Å²) in [6, 6.07) is 14.5. The standard InChI is InChI=1S/C19H20N2O5S2/c1-2-25-19(22)15-13-16(26-21-15)17-10-11-18(27-17)28(23,24)20-12-6-9-14-7-4-3-5-8-14/h3-5,7-8,10-11,13,20H,2,6,9,12H2,1H3. The summed E-state index contributed by atoms with van der Waals surface area (Å²) in [5.41, 5.74) is 1.22. The number of hydrogen-bond acceptors (Lipinski definition) is 7. The van der Waals surface area contributed by atoms with E-state index in [2.05, 4.69) is 9.88 Å². The van der Waals surface area contributed by atoms with E-state index in [0.29, 0.717) is 23.6 Å². The predicted molar refractivity (Wildman–Crippen MR) is 106 cm³/mol. The van der Waals surface area contributed by atoms with Gasteiger partial charge < -0.3 is 9.26 Å². The van der Waals surface area contributed by atoms with Crippen LogP contribution in [0.4, 0.5) is 0 Å². The van der Waals surface area contributed by atoms with Crippen LogP contribution in [0.1, 0.15) is 29.4 Å². The smallest absolute Gasteiger partial charge is 0.360 e. The maximum Gasteiger partial charge on any atom is 0.360 e. The van der Waals surface area contributed by atoms with Crippen LogP contribution in [0.25, 0.3) is 10.6 Å². The van der Waals surface area contributed by atoms with Crippen molar-refractivity contribution in [2.24, 2.45) is 0 Å². The molecule has 0 bridgehead atoms. The number of carbonyl (C=O) groups is 1. The number of hydrogen-bond donors (Lipinski definition) is 1. The predicted octanol–water partition coefficient (Wildman–Crippen LogP) is 3.49. The van der Waals surface area contributed by atoms with Crippen LogP contribution in [0, 0.1) is 0 Å². The number of ether oxygens (including phenoxy) is 1. The summed E-state index contributed by atoms with van der Waals surface area (Å²) >= 11 is 1.05. The maximum absolute atomic E-state index is 12.5. The molecule has 0 saturated heterocycles. The molecule has 1 N–H and O–H groups in total. The SMILES string of the molecule is CCOC(=O)c1cc(-c2ccc(S(=O)(=O)NCCCc3ccccc3)s2)on1. The van der Waals surface area contributed by atoms with Gasteiger partial charge in [-0.05, 0) is 37.5 Å². The Balaban J connectivity index is 1.60. The van der Waals surface area contributed by atoms with Gasteiger partial charge in [0.15, 0.2) is 11.5 Å². The number of carbonyl (C=O) groups excluding carboxylic acids is 1. The monoisotopic (exact) mass is 420 g/mol. The second-order valence-electron chi connectivity index (χ2n) is 5.90. The fourth-order valence-corrected chi connectivity index (χ4v) is 4.88. The van der Waals surface area contributed by atoms with Gasteiger partial charge in [-0.25, -0.2) is 17.9 Å². The number of rotatable bonds is 9. The van der Waals surface area contributed by atoms with E-state index in [1.807, 2.05) is 30.3 Å². The Bertz CT molecular complexity index is 1030. The van der Waals surface area contributed by atoms with E-state index in [4.69, 9.17) is 9.26 Å². The molecule has 1 aromatic carbocycles. The van der Waals surface area contributed by atoms with E-state index in [0.717, 1.165) is 17.8 Å². The van der Waals surface area contributed by atoms with Crippen LogP contribution in [-0.2, 0) is 21.2 Å². The Morgan fingerprint density at radius 2 is 2.00 bits per heavy atom. The summed E-state index contributed by atoms with van der Waals surface area (Å²) in [7, 11) is -3.61. The minimum Gasteiger partial charge on any atom is -0.461 e. The van der Waals surface area contributed by atoms with Gasteiger partial charge in [0.25, 0.3) is 0 Å². The van der Waals surface area contributed by atoms with Gasteiger partial charge in [-0.1, -0.05) is 35.5 Å². The Kier molecular flexibility index (Phi) is 6.61. The van der Waals surface area contributed by atoms with Crippen LogP contribution in [0.2, 0.25) is 0 Å². The van der Waals surface area contributed by atoms with Crippen LogP contribution in [0.15, 0.2) is 57.3 Å². The molecule has 7 nitrogen and oxygen atoms in total. The molecule has 0 atom stereocenters. The van der Waals surface area contributed by atoms with Crippen molar-refractivity contribution in [1.29, 1.82) is 0 Å². The van der Waals surface area contributed by atoms with E-state index in [1.165, 1.54) is 17.7 Å². The lowest BCUT2D eigenvalue weighted by atomic mass is 10.1. The normalized spacial score (nSPS) is 11.5. The van der Waals surface area contributed by atoms with Crippen molar-refractivity contribution in [3.8, 4) is 10.6 Å². The van der Waals surface area contributed by atoms with Crippen molar-refractivity contribution in [3.05, 3.63) is 59.8 Å². The minimum absolute atomic E-state index is 0.0497. The lowest BCUT2D eigenvalue weighted by Crippen LogP contribution is -2.24. The van der Waals surface area contributed by atoms with Crippen molar-refractivity contribution in [1.82, 2.24) is 9.88 Å². The second kappa shape index (κ2) is 9.13. The maximum atomic E-state index is 12.5. The molecule has 2 aromatic heterocycles. The van der Waals surface area contributed by atoms with Crippen LogP contribution < -0.4 is 4.72 Å². The first-order valence-electron chi connectivity index (χ1n) is 8.77. The lowest BCUT2D eigenvalue weighted by molar-refractivity contribution is 0.0514. The van der Waals surface area contributed by atoms with E-state index in [9.17, 15) is 13.2 Å². The molecule has 9 heteroatoms. The van der Waals surface area contributed by atoms with Crippen molar-refractivity contribution < 1.29 is 22.5 Å². The van der Waals surface area contributed by atoms with Crippen molar-refractivity contribution >= 4 is 27.3 Å². The Morgan fingerprint density at radius 3 is 2.75 bits per heavy atom. The summed E-state index contributed by atoms with van der Waals surface area (Å²) in [6.07, 6.45) is 1.50. The first-order chi connectivity index (χ1) is 13.5. The minimum atomic E-state index is -3.61. The highest BCUT2D eigenvalue weighted by molar-refractivity contribution is 7.91. The van der Waals surface area contributed by atoms with Crippen molar-refractivity contribution in [2.45, 2.75) is 24.0 Å². The molecule has 0 saturated carbocycles. The van der Waals surface area contributed by atoms with Crippen molar-refractivity contribution in [3.63, 3.8) is 0 Å². The Labute approximate surface area is 167 Å². The Morgan fingerprint density at radius 1 is 1.21 bits per heavy atom. The third kappa shape index (κ3) is 5.06. The number of nitrogens with zero attached hydrogens (tertiary/aromatic N) is 1. The largest absolute Gasteiger partial charge is 0.461 e. The average Bonchev–Trinajstić information content (AvgIpc) is 3.36. The van der Waals surface area contributed by atoms with E-state index >= 15 is 0 Å². The number of aromatic nitrogens is 1. The third-order valence-electron chi connectivity index (χ3n) is 3.86. The van der Waals surface area contributed by atoms with Gasteiger partial charge in [0.1, 0.15) is 4.21 Å². The molecule has 0 unspecified atom stereocenters. The average molecular weight is 421 g/mol.